The Hall–Kier alpha value is -2.90. The molecular weight excluding hydrogens is 368 g/mol. The minimum atomic E-state index is 0.482. The summed E-state index contributed by atoms with van der Waals surface area (Å²) in [5.74, 6) is 0.482. The summed E-state index contributed by atoms with van der Waals surface area (Å²) in [5.41, 5.74) is 2.87. The van der Waals surface area contributed by atoms with Gasteiger partial charge in [-0.05, 0) is 74.5 Å². The van der Waals surface area contributed by atoms with Gasteiger partial charge >= 0.3 is 0 Å². The maximum Gasteiger partial charge on any atom is 0.0362 e. The third kappa shape index (κ3) is 2.31. The van der Waals surface area contributed by atoms with Crippen molar-refractivity contribution in [1.29, 1.82) is 0 Å². The number of aryl methyl sites for hydroxylation is 1. The molecule has 5 aromatic carbocycles. The van der Waals surface area contributed by atoms with Crippen molar-refractivity contribution >= 4 is 63.8 Å². The van der Waals surface area contributed by atoms with E-state index in [4.69, 9.17) is 0 Å². The summed E-state index contributed by atoms with van der Waals surface area (Å²) in [7, 11) is 0. The van der Waals surface area contributed by atoms with E-state index in [2.05, 4.69) is 93.6 Å². The van der Waals surface area contributed by atoms with E-state index in [0.29, 0.717) is 5.92 Å². The zero-order valence-electron chi connectivity index (χ0n) is 16.9. The molecule has 0 amide bonds. The van der Waals surface area contributed by atoms with Crippen LogP contribution in [0.15, 0.2) is 72.8 Å². The summed E-state index contributed by atoms with van der Waals surface area (Å²) in [5, 5.41) is 11.1. The standard InChI is InChI=1S/C28H22S/c1-16(2)27-21-11-7-6-9-19(21)17(3)22-14-24-26(15-23(22)27)29-25-13-12-18-8-4-5-10-20(18)28(24)25/h4-16H,1-3H3. The van der Waals surface area contributed by atoms with Gasteiger partial charge in [-0.3, -0.25) is 0 Å². The number of benzene rings is 5. The molecule has 1 heterocycles. The van der Waals surface area contributed by atoms with Crippen LogP contribution in [-0.2, 0) is 0 Å². The Labute approximate surface area is 174 Å². The lowest BCUT2D eigenvalue weighted by molar-refractivity contribution is 0.885. The Balaban J connectivity index is 1.88. The molecule has 0 spiro atoms. The first-order chi connectivity index (χ1) is 14.1. The van der Waals surface area contributed by atoms with E-state index in [1.54, 1.807) is 0 Å². The minimum absolute atomic E-state index is 0.482. The van der Waals surface area contributed by atoms with Crippen LogP contribution in [0, 0.1) is 6.92 Å². The molecule has 0 aliphatic rings. The monoisotopic (exact) mass is 390 g/mol. The van der Waals surface area contributed by atoms with Gasteiger partial charge in [0.15, 0.2) is 0 Å². The highest BCUT2D eigenvalue weighted by Crippen LogP contribution is 2.44. The maximum atomic E-state index is 2.46. The first-order valence-corrected chi connectivity index (χ1v) is 11.1. The zero-order chi connectivity index (χ0) is 19.7. The Morgan fingerprint density at radius 2 is 1.34 bits per heavy atom. The van der Waals surface area contributed by atoms with Crippen LogP contribution in [0.1, 0.15) is 30.9 Å². The van der Waals surface area contributed by atoms with Crippen LogP contribution >= 0.6 is 11.3 Å². The molecule has 0 nitrogen and oxygen atoms in total. The molecule has 1 heteroatoms. The fraction of sp³-hybridized carbons (Fsp3) is 0.143. The molecule has 29 heavy (non-hydrogen) atoms. The Bertz CT molecular complexity index is 1580. The molecule has 0 bridgehead atoms. The zero-order valence-corrected chi connectivity index (χ0v) is 17.7. The summed E-state index contributed by atoms with van der Waals surface area (Å²) >= 11 is 1.92. The number of hydrogen-bond acceptors (Lipinski definition) is 1. The lowest BCUT2D eigenvalue weighted by Crippen LogP contribution is -1.95. The molecule has 1 aromatic heterocycles. The second-order valence-corrected chi connectivity index (χ2v) is 9.48. The van der Waals surface area contributed by atoms with Gasteiger partial charge in [0.05, 0.1) is 0 Å². The largest absolute Gasteiger partial charge is 0.135 e. The van der Waals surface area contributed by atoms with Crippen LogP contribution in [0.25, 0.3) is 52.5 Å². The van der Waals surface area contributed by atoms with Crippen LogP contribution in [0.3, 0.4) is 0 Å². The predicted octanol–water partition coefficient (Wildman–Crippen LogP) is 8.95. The Kier molecular flexibility index (Phi) is 3.54. The third-order valence-electron chi connectivity index (χ3n) is 6.39. The minimum Gasteiger partial charge on any atom is -0.135 e. The maximum absolute atomic E-state index is 2.46. The van der Waals surface area contributed by atoms with Crippen LogP contribution in [0.5, 0.6) is 0 Å². The highest BCUT2D eigenvalue weighted by molar-refractivity contribution is 7.26. The molecule has 0 atom stereocenters. The molecule has 0 aliphatic heterocycles. The van der Waals surface area contributed by atoms with Gasteiger partial charge in [0.25, 0.3) is 0 Å². The van der Waals surface area contributed by atoms with E-state index >= 15 is 0 Å². The highest BCUT2D eigenvalue weighted by atomic mass is 32.1. The second-order valence-electron chi connectivity index (χ2n) is 8.39. The summed E-state index contributed by atoms with van der Waals surface area (Å²) < 4.78 is 2.77. The van der Waals surface area contributed by atoms with Gasteiger partial charge in [0, 0.05) is 20.2 Å². The van der Waals surface area contributed by atoms with E-state index in [-0.39, 0.29) is 0 Å². The normalized spacial score (nSPS) is 12.3. The molecule has 6 rings (SSSR count). The second kappa shape index (κ2) is 6.05. The Morgan fingerprint density at radius 3 is 2.14 bits per heavy atom. The van der Waals surface area contributed by atoms with E-state index < -0.39 is 0 Å². The highest BCUT2D eigenvalue weighted by Gasteiger charge is 2.17. The molecule has 0 saturated heterocycles. The number of fused-ring (bicyclic) bond motifs is 7. The van der Waals surface area contributed by atoms with Crippen molar-refractivity contribution in [3.8, 4) is 0 Å². The topological polar surface area (TPSA) is 0 Å². The molecular formula is C28H22S. The van der Waals surface area contributed by atoms with E-state index in [1.165, 1.54) is 63.6 Å². The number of hydrogen-bond donors (Lipinski definition) is 0. The molecule has 0 unspecified atom stereocenters. The first-order valence-electron chi connectivity index (χ1n) is 10.3. The van der Waals surface area contributed by atoms with Crippen molar-refractivity contribution < 1.29 is 0 Å². The van der Waals surface area contributed by atoms with Gasteiger partial charge in [0.1, 0.15) is 0 Å². The molecule has 0 radical (unpaired) electrons. The number of thiophene rings is 1. The van der Waals surface area contributed by atoms with Crippen molar-refractivity contribution in [2.75, 3.05) is 0 Å². The van der Waals surface area contributed by atoms with Crippen molar-refractivity contribution in [3.05, 3.63) is 83.9 Å². The van der Waals surface area contributed by atoms with E-state index in [0.717, 1.165) is 0 Å². The molecule has 140 valence electrons. The number of rotatable bonds is 1. The summed E-state index contributed by atoms with van der Waals surface area (Å²) in [4.78, 5) is 0. The summed E-state index contributed by atoms with van der Waals surface area (Å²) in [6.07, 6.45) is 0. The van der Waals surface area contributed by atoms with Gasteiger partial charge in [-0.1, -0.05) is 68.4 Å². The van der Waals surface area contributed by atoms with Crippen LogP contribution < -0.4 is 0 Å². The SMILES string of the molecule is Cc1c2ccccc2c(C(C)C)c2cc3sc4ccc5ccccc5c4c3cc12. The van der Waals surface area contributed by atoms with Gasteiger partial charge in [0.2, 0.25) is 0 Å². The molecule has 0 saturated carbocycles. The van der Waals surface area contributed by atoms with Gasteiger partial charge in [-0.2, -0.15) is 0 Å². The van der Waals surface area contributed by atoms with E-state index in [1.807, 2.05) is 11.3 Å². The summed E-state index contributed by atoms with van der Waals surface area (Å²) in [6, 6.07) is 27.1. The van der Waals surface area contributed by atoms with Crippen molar-refractivity contribution in [2.45, 2.75) is 26.7 Å². The summed E-state index contributed by atoms with van der Waals surface area (Å²) in [6.45, 7) is 6.92. The van der Waals surface area contributed by atoms with Gasteiger partial charge in [-0.25, -0.2) is 0 Å². The quantitative estimate of drug-likeness (QED) is 0.246. The van der Waals surface area contributed by atoms with Crippen LogP contribution in [0.4, 0.5) is 0 Å². The fourth-order valence-corrected chi connectivity index (χ4v) is 6.23. The molecule has 0 aliphatic carbocycles. The van der Waals surface area contributed by atoms with Crippen molar-refractivity contribution in [3.63, 3.8) is 0 Å². The van der Waals surface area contributed by atoms with Crippen LogP contribution in [-0.4, -0.2) is 0 Å². The average Bonchev–Trinajstić information content (AvgIpc) is 3.10. The molecule has 0 N–H and O–H groups in total. The molecule has 0 fully saturated rings. The van der Waals surface area contributed by atoms with Gasteiger partial charge < -0.3 is 0 Å². The lowest BCUT2D eigenvalue weighted by Gasteiger charge is -2.17. The van der Waals surface area contributed by atoms with Crippen molar-refractivity contribution in [1.82, 2.24) is 0 Å². The first kappa shape index (κ1) is 17.0. The lowest BCUT2D eigenvalue weighted by atomic mass is 9.86. The van der Waals surface area contributed by atoms with E-state index in [9.17, 15) is 0 Å². The fourth-order valence-electron chi connectivity index (χ4n) is 5.08. The Morgan fingerprint density at radius 1 is 0.621 bits per heavy atom. The smallest absolute Gasteiger partial charge is 0.0362 e. The van der Waals surface area contributed by atoms with Gasteiger partial charge in [-0.15, -0.1) is 11.3 Å². The predicted molar refractivity (Wildman–Crippen MR) is 131 cm³/mol. The third-order valence-corrected chi connectivity index (χ3v) is 7.51. The van der Waals surface area contributed by atoms with Crippen LogP contribution in [0.2, 0.25) is 0 Å². The average molecular weight is 391 g/mol. The molecule has 6 aromatic rings. The van der Waals surface area contributed by atoms with Crippen molar-refractivity contribution in [2.24, 2.45) is 0 Å².